The standard InChI is InChI=1S/C17H20N2O2/c1-12(20)19-10-9-13-7-8-15(11-16(13)19)18-17(21)14-5-3-2-4-6-14/h7-11,14H,2-6H2,1H3,(H,18,21). The summed E-state index contributed by atoms with van der Waals surface area (Å²) < 4.78 is 1.60. The largest absolute Gasteiger partial charge is 0.326 e. The van der Waals surface area contributed by atoms with E-state index in [1.165, 1.54) is 13.3 Å². The van der Waals surface area contributed by atoms with Crippen LogP contribution in [0.25, 0.3) is 10.9 Å². The summed E-state index contributed by atoms with van der Waals surface area (Å²) in [6, 6.07) is 7.61. The van der Waals surface area contributed by atoms with Gasteiger partial charge in [-0.1, -0.05) is 25.3 Å². The van der Waals surface area contributed by atoms with E-state index in [-0.39, 0.29) is 17.7 Å². The van der Waals surface area contributed by atoms with Gasteiger partial charge in [0.15, 0.2) is 0 Å². The number of rotatable bonds is 2. The summed E-state index contributed by atoms with van der Waals surface area (Å²) in [5.41, 5.74) is 1.60. The molecule has 1 aliphatic rings. The average Bonchev–Trinajstić information content (AvgIpc) is 2.91. The van der Waals surface area contributed by atoms with Crippen molar-refractivity contribution in [3.8, 4) is 0 Å². The van der Waals surface area contributed by atoms with Gasteiger partial charge in [0.25, 0.3) is 0 Å². The van der Waals surface area contributed by atoms with E-state index in [1.807, 2.05) is 24.3 Å². The van der Waals surface area contributed by atoms with Gasteiger partial charge >= 0.3 is 0 Å². The van der Waals surface area contributed by atoms with E-state index < -0.39 is 0 Å². The summed E-state index contributed by atoms with van der Waals surface area (Å²) in [5.74, 6) is 0.213. The lowest BCUT2D eigenvalue weighted by atomic mass is 9.88. The number of nitrogens with zero attached hydrogens (tertiary/aromatic N) is 1. The van der Waals surface area contributed by atoms with E-state index >= 15 is 0 Å². The van der Waals surface area contributed by atoms with Gasteiger partial charge in [-0.15, -0.1) is 0 Å². The zero-order chi connectivity index (χ0) is 14.8. The summed E-state index contributed by atoms with van der Waals surface area (Å²) in [4.78, 5) is 23.9. The molecule has 1 fully saturated rings. The molecule has 2 aromatic rings. The topological polar surface area (TPSA) is 51.1 Å². The van der Waals surface area contributed by atoms with Crippen LogP contribution in [0.2, 0.25) is 0 Å². The van der Waals surface area contributed by atoms with Crippen molar-refractivity contribution in [3.63, 3.8) is 0 Å². The second-order valence-corrected chi connectivity index (χ2v) is 5.80. The number of amides is 1. The first-order valence-electron chi connectivity index (χ1n) is 7.58. The molecule has 0 atom stereocenters. The Labute approximate surface area is 124 Å². The maximum Gasteiger partial charge on any atom is 0.227 e. The van der Waals surface area contributed by atoms with Crippen LogP contribution >= 0.6 is 0 Å². The van der Waals surface area contributed by atoms with Crippen LogP contribution in [0.15, 0.2) is 30.5 Å². The molecule has 3 rings (SSSR count). The number of benzene rings is 1. The van der Waals surface area contributed by atoms with Crippen molar-refractivity contribution in [3.05, 3.63) is 30.5 Å². The number of hydrogen-bond acceptors (Lipinski definition) is 2. The number of hydrogen-bond donors (Lipinski definition) is 1. The summed E-state index contributed by atoms with van der Waals surface area (Å²) in [7, 11) is 0. The molecule has 0 unspecified atom stereocenters. The van der Waals surface area contributed by atoms with Gasteiger partial charge in [0.2, 0.25) is 11.8 Å². The van der Waals surface area contributed by atoms with Crippen LogP contribution in [0.3, 0.4) is 0 Å². The van der Waals surface area contributed by atoms with E-state index in [0.29, 0.717) is 0 Å². The molecule has 1 heterocycles. The molecule has 110 valence electrons. The minimum absolute atomic E-state index is 0.0271. The van der Waals surface area contributed by atoms with Crippen LogP contribution < -0.4 is 5.32 Å². The van der Waals surface area contributed by atoms with Crippen molar-refractivity contribution < 1.29 is 9.59 Å². The Morgan fingerprint density at radius 2 is 1.90 bits per heavy atom. The highest BCUT2D eigenvalue weighted by Gasteiger charge is 2.21. The van der Waals surface area contributed by atoms with E-state index in [9.17, 15) is 9.59 Å². The maximum atomic E-state index is 12.3. The predicted octanol–water partition coefficient (Wildman–Crippen LogP) is 3.82. The molecule has 0 aliphatic heterocycles. The van der Waals surface area contributed by atoms with Crippen molar-refractivity contribution in [2.75, 3.05) is 5.32 Å². The summed E-state index contributed by atoms with van der Waals surface area (Å²) in [5, 5.41) is 4.00. The zero-order valence-corrected chi connectivity index (χ0v) is 12.3. The molecule has 1 aromatic heterocycles. The van der Waals surface area contributed by atoms with Gasteiger partial charge in [-0.2, -0.15) is 0 Å². The number of anilines is 1. The second-order valence-electron chi connectivity index (χ2n) is 5.80. The van der Waals surface area contributed by atoms with E-state index in [0.717, 1.165) is 42.3 Å². The van der Waals surface area contributed by atoms with Crippen LogP contribution in [-0.4, -0.2) is 16.4 Å². The van der Waals surface area contributed by atoms with Crippen molar-refractivity contribution in [1.82, 2.24) is 4.57 Å². The minimum atomic E-state index is -0.0271. The maximum absolute atomic E-state index is 12.3. The zero-order valence-electron chi connectivity index (χ0n) is 12.3. The molecule has 0 radical (unpaired) electrons. The van der Waals surface area contributed by atoms with Crippen LogP contribution in [0.5, 0.6) is 0 Å². The number of carbonyl (C=O) groups is 2. The lowest BCUT2D eigenvalue weighted by Gasteiger charge is -2.20. The van der Waals surface area contributed by atoms with Crippen LogP contribution in [0.1, 0.15) is 43.8 Å². The van der Waals surface area contributed by atoms with Gasteiger partial charge in [0, 0.05) is 30.1 Å². The molecule has 0 saturated heterocycles. The quantitative estimate of drug-likeness (QED) is 0.911. The number of nitrogens with one attached hydrogen (secondary N) is 1. The molecule has 21 heavy (non-hydrogen) atoms. The molecular formula is C17H20N2O2. The third-order valence-corrected chi connectivity index (χ3v) is 4.28. The van der Waals surface area contributed by atoms with E-state index in [2.05, 4.69) is 5.32 Å². The molecule has 1 aromatic carbocycles. The SMILES string of the molecule is CC(=O)n1ccc2ccc(NC(=O)C3CCCCC3)cc21. The van der Waals surface area contributed by atoms with Crippen LogP contribution in [0, 0.1) is 5.92 Å². The molecule has 1 N–H and O–H groups in total. The van der Waals surface area contributed by atoms with Gasteiger partial charge in [-0.3, -0.25) is 14.2 Å². The summed E-state index contributed by atoms with van der Waals surface area (Å²) in [6.45, 7) is 1.53. The lowest BCUT2D eigenvalue weighted by Crippen LogP contribution is -2.24. The number of aromatic nitrogens is 1. The molecular weight excluding hydrogens is 264 g/mol. The average molecular weight is 284 g/mol. The molecule has 1 aliphatic carbocycles. The smallest absolute Gasteiger partial charge is 0.227 e. The highest BCUT2D eigenvalue weighted by Crippen LogP contribution is 2.26. The Morgan fingerprint density at radius 3 is 2.62 bits per heavy atom. The van der Waals surface area contributed by atoms with Gasteiger partial charge in [0.05, 0.1) is 5.52 Å². The Kier molecular flexibility index (Phi) is 3.78. The highest BCUT2D eigenvalue weighted by molar-refractivity contribution is 5.97. The van der Waals surface area contributed by atoms with Crippen molar-refractivity contribution in [2.45, 2.75) is 39.0 Å². The van der Waals surface area contributed by atoms with E-state index in [1.54, 1.807) is 10.8 Å². The Bertz CT molecular complexity index is 681. The van der Waals surface area contributed by atoms with Gasteiger partial charge in [0.1, 0.15) is 0 Å². The predicted molar refractivity (Wildman–Crippen MR) is 83.4 cm³/mol. The van der Waals surface area contributed by atoms with Crippen LogP contribution in [0.4, 0.5) is 5.69 Å². The monoisotopic (exact) mass is 284 g/mol. The van der Waals surface area contributed by atoms with Gasteiger partial charge in [-0.25, -0.2) is 0 Å². The normalized spacial score (nSPS) is 16.0. The molecule has 0 bridgehead atoms. The Morgan fingerprint density at radius 1 is 1.14 bits per heavy atom. The Balaban J connectivity index is 1.81. The number of carbonyl (C=O) groups excluding carboxylic acids is 2. The summed E-state index contributed by atoms with van der Waals surface area (Å²) >= 11 is 0. The first-order chi connectivity index (χ1) is 10.1. The minimum Gasteiger partial charge on any atom is -0.326 e. The molecule has 4 heteroatoms. The van der Waals surface area contributed by atoms with E-state index in [4.69, 9.17) is 0 Å². The molecule has 1 saturated carbocycles. The summed E-state index contributed by atoms with van der Waals surface area (Å²) in [6.07, 6.45) is 7.26. The fourth-order valence-electron chi connectivity index (χ4n) is 3.09. The lowest BCUT2D eigenvalue weighted by molar-refractivity contribution is -0.120. The first-order valence-corrected chi connectivity index (χ1v) is 7.58. The third-order valence-electron chi connectivity index (χ3n) is 4.28. The van der Waals surface area contributed by atoms with Crippen molar-refractivity contribution in [1.29, 1.82) is 0 Å². The van der Waals surface area contributed by atoms with Crippen LogP contribution in [-0.2, 0) is 4.79 Å². The molecule has 1 amide bonds. The fourth-order valence-corrected chi connectivity index (χ4v) is 3.09. The molecule has 4 nitrogen and oxygen atoms in total. The molecule has 0 spiro atoms. The third kappa shape index (κ3) is 2.84. The van der Waals surface area contributed by atoms with Crippen molar-refractivity contribution >= 4 is 28.4 Å². The highest BCUT2D eigenvalue weighted by atomic mass is 16.2. The fraction of sp³-hybridized carbons (Fsp3) is 0.412. The van der Waals surface area contributed by atoms with Gasteiger partial charge < -0.3 is 5.32 Å². The number of fused-ring (bicyclic) bond motifs is 1. The first kappa shape index (κ1) is 13.9. The Hall–Kier alpha value is -2.10. The second kappa shape index (κ2) is 5.72. The van der Waals surface area contributed by atoms with Gasteiger partial charge in [-0.05, 0) is 31.0 Å². The van der Waals surface area contributed by atoms with Crippen molar-refractivity contribution in [2.24, 2.45) is 5.92 Å².